The van der Waals surface area contributed by atoms with Gasteiger partial charge in [0.15, 0.2) is 17.3 Å². The number of imide groups is 1. The average Bonchev–Trinajstić information content (AvgIpc) is 3.23. The maximum absolute atomic E-state index is 14.0. The highest BCUT2D eigenvalue weighted by Crippen LogP contribution is 2.55. The second-order valence-electron chi connectivity index (χ2n) is 11.6. The molecule has 42 heavy (non-hydrogen) atoms. The molecule has 4 unspecified atom stereocenters. The lowest BCUT2D eigenvalue weighted by atomic mass is 9.58. The number of Topliss-reactive ketones (excluding diaryl/α,β-unsaturated/α-hetero) is 2. The number of carbonyl (C=O) groups excluding carboxylic acids is 5. The first-order valence-corrected chi connectivity index (χ1v) is 14.0. The van der Waals surface area contributed by atoms with Gasteiger partial charge in [-0.25, -0.2) is 0 Å². The molecule has 0 spiro atoms. The van der Waals surface area contributed by atoms with E-state index in [-0.39, 0.29) is 41.3 Å². The molecule has 2 aromatic rings. The molecule has 8 nitrogen and oxygen atoms in total. The highest BCUT2D eigenvalue weighted by atomic mass is 16.5. The van der Waals surface area contributed by atoms with Crippen LogP contribution in [0.4, 0.5) is 5.69 Å². The third-order valence-corrected chi connectivity index (χ3v) is 9.24. The van der Waals surface area contributed by atoms with Gasteiger partial charge in [-0.1, -0.05) is 11.6 Å². The van der Waals surface area contributed by atoms with Crippen molar-refractivity contribution >= 4 is 34.9 Å². The summed E-state index contributed by atoms with van der Waals surface area (Å²) < 4.78 is 5.93. The van der Waals surface area contributed by atoms with E-state index in [0.29, 0.717) is 46.6 Å². The van der Waals surface area contributed by atoms with Gasteiger partial charge in [-0.2, -0.15) is 0 Å². The molecule has 8 heteroatoms. The Bertz CT molecular complexity index is 1770. The molecule has 4 atom stereocenters. The lowest BCUT2D eigenvalue weighted by molar-refractivity contribution is -0.123. The highest BCUT2D eigenvalue weighted by molar-refractivity contribution is 6.25. The smallest absolute Gasteiger partial charge is 0.238 e. The van der Waals surface area contributed by atoms with Crippen LogP contribution in [0.5, 0.6) is 11.5 Å². The van der Waals surface area contributed by atoms with Crippen LogP contribution in [-0.4, -0.2) is 34.3 Å². The molecule has 5 aliphatic rings. The van der Waals surface area contributed by atoms with E-state index in [1.54, 1.807) is 49.6 Å². The normalized spacial score (nSPS) is 26.4. The summed E-state index contributed by atoms with van der Waals surface area (Å²) in [5, 5.41) is 10.1. The summed E-state index contributed by atoms with van der Waals surface area (Å²) in [4.78, 5) is 67.7. The number of fused-ring (bicyclic) bond motifs is 4. The number of carbonyl (C=O) groups is 5. The van der Waals surface area contributed by atoms with E-state index in [1.165, 1.54) is 24.0 Å². The lowest BCUT2D eigenvalue weighted by Gasteiger charge is -2.43. The standard InChI is InChI=1S/C34H27NO7/c1-16-11-27(38)31-26(32(16)39)14-25-23(29(31)20-12-19-13-22(37)7-10-28(19)42-15-20)8-9-24-30(25)34(41)35(33(24)40)21-5-3-18(4-6-21)17(2)36/h3-8,10-11,13,15,24-25,29-30,37H,9,12,14H2,1-2H3. The number of allylic oxidation sites excluding steroid dienone is 7. The molecule has 2 aromatic carbocycles. The fourth-order valence-electron chi connectivity index (χ4n) is 7.29. The van der Waals surface area contributed by atoms with Crippen LogP contribution in [0.15, 0.2) is 88.7 Å². The van der Waals surface area contributed by atoms with Crippen LogP contribution in [0.2, 0.25) is 0 Å². The second kappa shape index (κ2) is 9.34. The molecule has 0 bridgehead atoms. The Morgan fingerprint density at radius 1 is 1.00 bits per heavy atom. The van der Waals surface area contributed by atoms with Crippen LogP contribution >= 0.6 is 0 Å². The number of aromatic hydroxyl groups is 1. The maximum atomic E-state index is 14.0. The van der Waals surface area contributed by atoms with Crippen molar-refractivity contribution in [3.63, 3.8) is 0 Å². The fourth-order valence-corrected chi connectivity index (χ4v) is 7.29. The first-order chi connectivity index (χ1) is 20.1. The van der Waals surface area contributed by atoms with Crippen LogP contribution < -0.4 is 9.64 Å². The molecule has 2 aliphatic heterocycles. The summed E-state index contributed by atoms with van der Waals surface area (Å²) >= 11 is 0. The predicted octanol–water partition coefficient (Wildman–Crippen LogP) is 4.58. The van der Waals surface area contributed by atoms with Crippen LogP contribution in [0.25, 0.3) is 0 Å². The van der Waals surface area contributed by atoms with Gasteiger partial charge in [0.2, 0.25) is 11.8 Å². The molecule has 210 valence electrons. The topological polar surface area (TPSA) is 118 Å². The first-order valence-electron chi connectivity index (χ1n) is 14.0. The Labute approximate surface area is 241 Å². The van der Waals surface area contributed by atoms with Crippen LogP contribution in [0.3, 0.4) is 0 Å². The first kappa shape index (κ1) is 26.1. The van der Waals surface area contributed by atoms with Crippen LogP contribution in [0, 0.1) is 23.7 Å². The average molecular weight is 562 g/mol. The molecule has 2 amide bonds. The van der Waals surface area contributed by atoms with Gasteiger partial charge in [-0.15, -0.1) is 0 Å². The monoisotopic (exact) mass is 561 g/mol. The highest BCUT2D eigenvalue weighted by Gasteiger charge is 2.57. The molecule has 3 aliphatic carbocycles. The zero-order chi connectivity index (χ0) is 29.4. The number of benzene rings is 2. The molecular formula is C34H27NO7. The number of rotatable bonds is 3. The van der Waals surface area contributed by atoms with E-state index in [2.05, 4.69) is 0 Å². The minimum atomic E-state index is -0.697. The zero-order valence-electron chi connectivity index (χ0n) is 23.0. The predicted molar refractivity (Wildman–Crippen MR) is 152 cm³/mol. The third-order valence-electron chi connectivity index (χ3n) is 9.24. The quantitative estimate of drug-likeness (QED) is 0.252. The number of hydrogen-bond acceptors (Lipinski definition) is 7. The summed E-state index contributed by atoms with van der Waals surface area (Å²) in [6, 6.07) is 11.3. The summed E-state index contributed by atoms with van der Waals surface area (Å²) in [5.74, 6) is -2.88. The number of amides is 2. The number of anilines is 1. The molecule has 7 rings (SSSR count). The molecule has 0 radical (unpaired) electrons. The molecular weight excluding hydrogens is 534 g/mol. The summed E-state index contributed by atoms with van der Waals surface area (Å²) in [6.07, 6.45) is 5.85. The third kappa shape index (κ3) is 3.78. The van der Waals surface area contributed by atoms with Crippen LogP contribution in [-0.2, 0) is 25.6 Å². The number of nitrogens with zero attached hydrogens (tertiary/aromatic N) is 1. The molecule has 0 saturated carbocycles. The van der Waals surface area contributed by atoms with E-state index in [9.17, 15) is 29.1 Å². The van der Waals surface area contributed by atoms with E-state index < -0.39 is 23.7 Å². The Morgan fingerprint density at radius 3 is 2.50 bits per heavy atom. The summed E-state index contributed by atoms with van der Waals surface area (Å²) in [5.41, 5.74) is 4.37. The van der Waals surface area contributed by atoms with Crippen molar-refractivity contribution in [3.8, 4) is 11.5 Å². The molecule has 2 heterocycles. The van der Waals surface area contributed by atoms with Crippen molar-refractivity contribution in [2.45, 2.75) is 33.1 Å². The van der Waals surface area contributed by atoms with E-state index >= 15 is 0 Å². The Morgan fingerprint density at radius 2 is 1.76 bits per heavy atom. The van der Waals surface area contributed by atoms with Crippen molar-refractivity contribution in [3.05, 3.63) is 99.9 Å². The molecule has 0 aromatic heterocycles. The van der Waals surface area contributed by atoms with Gasteiger partial charge >= 0.3 is 0 Å². The lowest BCUT2D eigenvalue weighted by Crippen LogP contribution is -2.41. The molecule has 1 fully saturated rings. The minimum Gasteiger partial charge on any atom is -0.508 e. The van der Waals surface area contributed by atoms with Crippen LogP contribution in [0.1, 0.15) is 42.6 Å². The van der Waals surface area contributed by atoms with Crippen molar-refractivity contribution in [2.75, 3.05) is 4.90 Å². The Hall–Kier alpha value is -4.85. The van der Waals surface area contributed by atoms with E-state index in [4.69, 9.17) is 4.74 Å². The maximum Gasteiger partial charge on any atom is 0.238 e. The van der Waals surface area contributed by atoms with Gasteiger partial charge < -0.3 is 9.84 Å². The van der Waals surface area contributed by atoms with Crippen molar-refractivity contribution < 1.29 is 33.8 Å². The number of ketones is 3. The molecule has 1 N–H and O–H groups in total. The second-order valence-corrected chi connectivity index (χ2v) is 11.6. The van der Waals surface area contributed by atoms with Gasteiger partial charge in [0, 0.05) is 40.2 Å². The Balaban J connectivity index is 1.31. The molecule has 1 saturated heterocycles. The minimum absolute atomic E-state index is 0.0914. The van der Waals surface area contributed by atoms with Gasteiger partial charge in [-0.05, 0) is 86.7 Å². The number of hydrogen-bond donors (Lipinski definition) is 1. The fraction of sp³-hybridized carbons (Fsp3) is 0.265. The van der Waals surface area contributed by atoms with Crippen molar-refractivity contribution in [1.82, 2.24) is 0 Å². The van der Waals surface area contributed by atoms with Gasteiger partial charge in [0.05, 0.1) is 23.8 Å². The largest absolute Gasteiger partial charge is 0.508 e. The number of phenolic OH excluding ortho intramolecular Hbond substituents is 1. The van der Waals surface area contributed by atoms with Gasteiger partial charge in [0.1, 0.15) is 11.5 Å². The summed E-state index contributed by atoms with van der Waals surface area (Å²) in [7, 11) is 0. The van der Waals surface area contributed by atoms with Crippen molar-refractivity contribution in [1.29, 1.82) is 0 Å². The Kier molecular flexibility index (Phi) is 5.80. The van der Waals surface area contributed by atoms with Crippen molar-refractivity contribution in [2.24, 2.45) is 23.7 Å². The van der Waals surface area contributed by atoms with Gasteiger partial charge in [-0.3, -0.25) is 28.9 Å². The van der Waals surface area contributed by atoms with E-state index in [0.717, 1.165) is 16.7 Å². The SMILES string of the molecule is CC(=O)c1ccc(N2C(=O)C3CC=C4C(C5=COc6ccc(O)cc6C5)C5=C(CC4C3C2=O)C(=O)C(C)=CC5=O)cc1. The van der Waals surface area contributed by atoms with E-state index in [1.807, 2.05) is 6.08 Å². The van der Waals surface area contributed by atoms with Gasteiger partial charge in [0.25, 0.3) is 0 Å². The zero-order valence-corrected chi connectivity index (χ0v) is 23.0. The number of ether oxygens (including phenoxy) is 1. The number of phenols is 1. The summed E-state index contributed by atoms with van der Waals surface area (Å²) in [6.45, 7) is 3.07.